The van der Waals surface area contributed by atoms with Gasteiger partial charge in [0, 0.05) is 19.1 Å². The predicted octanol–water partition coefficient (Wildman–Crippen LogP) is 2.68. The molecule has 1 N–H and O–H groups in total. The van der Waals surface area contributed by atoms with Crippen molar-refractivity contribution in [2.75, 3.05) is 13.1 Å². The van der Waals surface area contributed by atoms with E-state index in [1.165, 1.54) is 6.07 Å². The van der Waals surface area contributed by atoms with Crippen molar-refractivity contribution in [3.05, 3.63) is 28.0 Å². The van der Waals surface area contributed by atoms with E-state index in [9.17, 15) is 14.9 Å². The highest BCUT2D eigenvalue weighted by Gasteiger charge is 2.26. The Labute approximate surface area is 134 Å². The van der Waals surface area contributed by atoms with Crippen LogP contribution in [0, 0.1) is 10.1 Å². The van der Waals surface area contributed by atoms with Crippen molar-refractivity contribution in [3.63, 3.8) is 0 Å². The number of nitro groups is 1. The third-order valence-corrected chi connectivity index (χ3v) is 3.54. The summed E-state index contributed by atoms with van der Waals surface area (Å²) < 4.78 is 10.5. The minimum atomic E-state index is -0.553. The lowest BCUT2D eigenvalue weighted by Crippen LogP contribution is -2.46. The van der Waals surface area contributed by atoms with Crippen molar-refractivity contribution >= 4 is 12.0 Å². The number of hydrogen-bond acceptors (Lipinski definition) is 6. The molecule has 23 heavy (non-hydrogen) atoms. The third kappa shape index (κ3) is 5.24. The standard InChI is InChI=1S/C15H23N3O5/c1-15(2,3)23-14(19)17-8-6-11(7-9-17)16-10-12-4-5-13(22-12)18(20)21/h4-5,11,16H,6-10H2,1-3H3. The summed E-state index contributed by atoms with van der Waals surface area (Å²) in [7, 11) is 0. The molecule has 1 aromatic rings. The maximum absolute atomic E-state index is 12.0. The van der Waals surface area contributed by atoms with Crippen LogP contribution >= 0.6 is 0 Å². The summed E-state index contributed by atoms with van der Waals surface area (Å²) in [5, 5.41) is 13.9. The smallest absolute Gasteiger partial charge is 0.433 e. The number of likely N-dealkylation sites (tertiary alicyclic amines) is 1. The SMILES string of the molecule is CC(C)(C)OC(=O)N1CCC(NCc2ccc([N+](=O)[O-])o2)CC1. The largest absolute Gasteiger partial charge is 0.444 e. The average Bonchev–Trinajstić information content (AvgIpc) is 2.93. The molecule has 0 bridgehead atoms. The molecular weight excluding hydrogens is 302 g/mol. The molecule has 2 rings (SSSR count). The van der Waals surface area contributed by atoms with E-state index < -0.39 is 10.5 Å². The van der Waals surface area contributed by atoms with Gasteiger partial charge in [-0.1, -0.05) is 0 Å². The van der Waals surface area contributed by atoms with Crippen molar-refractivity contribution < 1.29 is 18.9 Å². The number of ether oxygens (including phenoxy) is 1. The topological polar surface area (TPSA) is 97.8 Å². The fourth-order valence-electron chi connectivity index (χ4n) is 2.40. The molecule has 0 saturated carbocycles. The van der Waals surface area contributed by atoms with E-state index in [0.717, 1.165) is 12.8 Å². The zero-order valence-corrected chi connectivity index (χ0v) is 13.7. The molecule has 1 amide bonds. The van der Waals surface area contributed by atoms with Crippen molar-refractivity contribution in [1.29, 1.82) is 0 Å². The second-order valence-corrected chi connectivity index (χ2v) is 6.62. The summed E-state index contributed by atoms with van der Waals surface area (Å²) in [4.78, 5) is 23.7. The molecule has 0 radical (unpaired) electrons. The van der Waals surface area contributed by atoms with Crippen LogP contribution in [0.5, 0.6) is 0 Å². The second-order valence-electron chi connectivity index (χ2n) is 6.62. The van der Waals surface area contributed by atoms with Crippen LogP contribution < -0.4 is 5.32 Å². The zero-order chi connectivity index (χ0) is 17.0. The molecule has 1 saturated heterocycles. The number of nitrogens with zero attached hydrogens (tertiary/aromatic N) is 2. The van der Waals surface area contributed by atoms with Gasteiger partial charge in [0.05, 0.1) is 12.6 Å². The molecule has 1 fully saturated rings. The van der Waals surface area contributed by atoms with Gasteiger partial charge in [0.25, 0.3) is 0 Å². The Kier molecular flexibility index (Phi) is 5.25. The van der Waals surface area contributed by atoms with Crippen LogP contribution in [0.3, 0.4) is 0 Å². The number of carbonyl (C=O) groups excluding carboxylic acids is 1. The molecule has 0 aromatic carbocycles. The predicted molar refractivity (Wildman–Crippen MR) is 83.0 cm³/mol. The summed E-state index contributed by atoms with van der Waals surface area (Å²) in [5.41, 5.74) is -0.486. The molecule has 1 aromatic heterocycles. The molecule has 8 nitrogen and oxygen atoms in total. The average molecular weight is 325 g/mol. The minimum Gasteiger partial charge on any atom is -0.444 e. The summed E-state index contributed by atoms with van der Waals surface area (Å²) in [5.74, 6) is 0.285. The number of piperidine rings is 1. The first-order valence-electron chi connectivity index (χ1n) is 7.69. The lowest BCUT2D eigenvalue weighted by atomic mass is 10.1. The molecular formula is C15H23N3O5. The van der Waals surface area contributed by atoms with Crippen molar-refractivity contribution in [2.45, 2.75) is 51.8 Å². The van der Waals surface area contributed by atoms with Crippen LogP contribution in [0.2, 0.25) is 0 Å². The Morgan fingerprint density at radius 3 is 2.61 bits per heavy atom. The van der Waals surface area contributed by atoms with E-state index in [0.29, 0.717) is 25.4 Å². The summed E-state index contributed by atoms with van der Waals surface area (Å²) in [6.45, 7) is 7.24. The highest BCUT2D eigenvalue weighted by Crippen LogP contribution is 2.18. The monoisotopic (exact) mass is 325 g/mol. The quantitative estimate of drug-likeness (QED) is 0.675. The van der Waals surface area contributed by atoms with Gasteiger partial charge in [-0.2, -0.15) is 0 Å². The van der Waals surface area contributed by atoms with Gasteiger partial charge in [0.1, 0.15) is 16.3 Å². The Balaban J connectivity index is 1.74. The highest BCUT2D eigenvalue weighted by molar-refractivity contribution is 5.68. The molecule has 8 heteroatoms. The summed E-state index contributed by atoms with van der Waals surface area (Å²) in [6.07, 6.45) is 1.34. The first-order chi connectivity index (χ1) is 10.7. The number of rotatable bonds is 4. The lowest BCUT2D eigenvalue weighted by molar-refractivity contribution is -0.402. The summed E-state index contributed by atoms with van der Waals surface area (Å²) in [6, 6.07) is 3.20. The van der Waals surface area contributed by atoms with Crippen molar-refractivity contribution in [2.24, 2.45) is 0 Å². The normalized spacial score (nSPS) is 16.4. The third-order valence-electron chi connectivity index (χ3n) is 3.54. The van der Waals surface area contributed by atoms with Crippen molar-refractivity contribution in [1.82, 2.24) is 10.2 Å². The van der Waals surface area contributed by atoms with E-state index in [1.54, 1.807) is 11.0 Å². The Morgan fingerprint density at radius 1 is 1.43 bits per heavy atom. The van der Waals surface area contributed by atoms with E-state index >= 15 is 0 Å². The fraction of sp³-hybridized carbons (Fsp3) is 0.667. The van der Waals surface area contributed by atoms with E-state index in [4.69, 9.17) is 9.15 Å². The molecule has 2 heterocycles. The molecule has 128 valence electrons. The molecule has 0 unspecified atom stereocenters. The maximum atomic E-state index is 12.0. The first-order valence-corrected chi connectivity index (χ1v) is 7.69. The number of hydrogen-bond donors (Lipinski definition) is 1. The maximum Gasteiger partial charge on any atom is 0.433 e. The lowest BCUT2D eigenvalue weighted by Gasteiger charge is -2.33. The summed E-state index contributed by atoms with van der Waals surface area (Å²) >= 11 is 0. The number of furan rings is 1. The van der Waals surface area contributed by atoms with Gasteiger partial charge in [0.15, 0.2) is 0 Å². The van der Waals surface area contributed by atoms with Crippen LogP contribution in [-0.4, -0.2) is 40.6 Å². The van der Waals surface area contributed by atoms with Gasteiger partial charge in [0.2, 0.25) is 0 Å². The van der Waals surface area contributed by atoms with Gasteiger partial charge in [-0.3, -0.25) is 10.1 Å². The Morgan fingerprint density at radius 2 is 2.09 bits per heavy atom. The van der Waals surface area contributed by atoms with E-state index in [1.807, 2.05) is 20.8 Å². The zero-order valence-electron chi connectivity index (χ0n) is 13.7. The van der Waals surface area contributed by atoms with Gasteiger partial charge < -0.3 is 19.4 Å². The van der Waals surface area contributed by atoms with Crippen LogP contribution in [0.15, 0.2) is 16.5 Å². The van der Waals surface area contributed by atoms with Gasteiger partial charge in [-0.05, 0) is 39.7 Å². The fourth-order valence-corrected chi connectivity index (χ4v) is 2.40. The number of amides is 1. The number of nitrogens with one attached hydrogen (secondary N) is 1. The number of carbonyl (C=O) groups is 1. The van der Waals surface area contributed by atoms with Crippen molar-refractivity contribution in [3.8, 4) is 0 Å². The Bertz CT molecular complexity index is 556. The second kappa shape index (κ2) is 6.99. The molecule has 0 atom stereocenters. The van der Waals surface area contributed by atoms with E-state index in [2.05, 4.69) is 5.32 Å². The molecule has 0 aliphatic carbocycles. The van der Waals surface area contributed by atoms with Crippen LogP contribution in [0.4, 0.5) is 10.7 Å². The Hall–Kier alpha value is -2.09. The molecule has 1 aliphatic heterocycles. The molecule has 1 aliphatic rings. The first kappa shape index (κ1) is 17.3. The minimum absolute atomic E-state index is 0.248. The van der Waals surface area contributed by atoms with Crippen LogP contribution in [0.25, 0.3) is 0 Å². The van der Waals surface area contributed by atoms with Gasteiger partial charge in [-0.15, -0.1) is 0 Å². The highest BCUT2D eigenvalue weighted by atomic mass is 16.6. The molecule has 0 spiro atoms. The van der Waals surface area contributed by atoms with Crippen LogP contribution in [-0.2, 0) is 11.3 Å². The van der Waals surface area contributed by atoms with Gasteiger partial charge in [-0.25, -0.2) is 4.79 Å². The van der Waals surface area contributed by atoms with Crippen LogP contribution in [0.1, 0.15) is 39.4 Å². The van der Waals surface area contributed by atoms with Gasteiger partial charge >= 0.3 is 12.0 Å². The van der Waals surface area contributed by atoms with E-state index in [-0.39, 0.29) is 18.0 Å².